The van der Waals surface area contributed by atoms with Gasteiger partial charge in [-0.15, -0.1) is 0 Å². The number of carbonyl (C=O) groups is 1. The molecule has 2 aromatic rings. The number of anilines is 2. The van der Waals surface area contributed by atoms with Crippen molar-refractivity contribution in [1.82, 2.24) is 4.90 Å². The third-order valence-electron chi connectivity index (χ3n) is 5.66. The summed E-state index contributed by atoms with van der Waals surface area (Å²) in [5.74, 6) is 0.229. The minimum absolute atomic E-state index is 0.229. The molecule has 26 heavy (non-hydrogen) atoms. The van der Waals surface area contributed by atoms with E-state index in [1.807, 2.05) is 11.0 Å². The number of rotatable bonds is 3. The van der Waals surface area contributed by atoms with Gasteiger partial charge in [0.2, 0.25) is 5.91 Å². The van der Waals surface area contributed by atoms with Crippen LogP contribution in [0.1, 0.15) is 18.1 Å². The lowest BCUT2D eigenvalue weighted by molar-refractivity contribution is -0.120. The van der Waals surface area contributed by atoms with Gasteiger partial charge in [-0.05, 0) is 43.5 Å². The second-order valence-electron chi connectivity index (χ2n) is 7.50. The molecule has 1 amide bonds. The van der Waals surface area contributed by atoms with E-state index in [0.29, 0.717) is 6.54 Å². The molecule has 0 spiro atoms. The summed E-state index contributed by atoms with van der Waals surface area (Å²) in [4.78, 5) is 19.7. The molecule has 0 unspecified atom stereocenters. The highest BCUT2D eigenvalue weighted by atomic mass is 16.2. The van der Waals surface area contributed by atoms with E-state index in [1.165, 1.54) is 16.8 Å². The van der Waals surface area contributed by atoms with Gasteiger partial charge in [0, 0.05) is 43.6 Å². The number of aryl methyl sites for hydroxylation is 1. The van der Waals surface area contributed by atoms with Crippen LogP contribution in [0, 0.1) is 6.92 Å². The number of nitrogens with zero attached hydrogens (tertiary/aromatic N) is 3. The van der Waals surface area contributed by atoms with E-state index in [-0.39, 0.29) is 11.9 Å². The topological polar surface area (TPSA) is 26.8 Å². The van der Waals surface area contributed by atoms with E-state index in [1.54, 1.807) is 0 Å². The Labute approximate surface area is 156 Å². The van der Waals surface area contributed by atoms with Crippen LogP contribution in [-0.4, -0.2) is 49.6 Å². The molecule has 1 fully saturated rings. The van der Waals surface area contributed by atoms with Crippen molar-refractivity contribution in [2.45, 2.75) is 26.3 Å². The van der Waals surface area contributed by atoms with Gasteiger partial charge in [-0.2, -0.15) is 0 Å². The molecule has 1 atom stereocenters. The fourth-order valence-electron chi connectivity index (χ4n) is 4.28. The number of hydrogen-bond donors (Lipinski definition) is 0. The summed E-state index contributed by atoms with van der Waals surface area (Å²) in [6.45, 7) is 8.65. The van der Waals surface area contributed by atoms with Gasteiger partial charge in [-0.25, -0.2) is 0 Å². The molecule has 0 N–H and O–H groups in total. The van der Waals surface area contributed by atoms with Gasteiger partial charge in [-0.3, -0.25) is 9.69 Å². The molecule has 0 saturated carbocycles. The van der Waals surface area contributed by atoms with Crippen molar-refractivity contribution in [3.8, 4) is 0 Å². The zero-order valence-electron chi connectivity index (χ0n) is 15.7. The van der Waals surface area contributed by atoms with Crippen LogP contribution in [0.3, 0.4) is 0 Å². The third kappa shape index (κ3) is 3.21. The fourth-order valence-corrected chi connectivity index (χ4v) is 4.28. The quantitative estimate of drug-likeness (QED) is 0.852. The maximum absolute atomic E-state index is 13.0. The molecule has 2 aromatic carbocycles. The lowest BCUT2D eigenvalue weighted by Crippen LogP contribution is -2.51. The molecule has 0 aromatic heterocycles. The third-order valence-corrected chi connectivity index (χ3v) is 5.66. The lowest BCUT2D eigenvalue weighted by atomic mass is 10.1. The average Bonchev–Trinajstić information content (AvgIpc) is 2.99. The number of fused-ring (bicyclic) bond motifs is 1. The molecule has 0 bridgehead atoms. The van der Waals surface area contributed by atoms with Crippen molar-refractivity contribution in [3.05, 3.63) is 59.7 Å². The van der Waals surface area contributed by atoms with Crippen LogP contribution in [0.5, 0.6) is 0 Å². The van der Waals surface area contributed by atoms with E-state index in [9.17, 15) is 4.79 Å². The predicted molar refractivity (Wildman–Crippen MR) is 107 cm³/mol. The summed E-state index contributed by atoms with van der Waals surface area (Å²) in [5, 5.41) is 0. The van der Waals surface area contributed by atoms with Crippen LogP contribution in [-0.2, 0) is 11.2 Å². The van der Waals surface area contributed by atoms with Crippen LogP contribution in [0.4, 0.5) is 11.4 Å². The van der Waals surface area contributed by atoms with Crippen molar-refractivity contribution in [2.24, 2.45) is 0 Å². The van der Waals surface area contributed by atoms with Gasteiger partial charge in [0.15, 0.2) is 0 Å². The highest BCUT2D eigenvalue weighted by Gasteiger charge is 2.31. The zero-order chi connectivity index (χ0) is 18.1. The van der Waals surface area contributed by atoms with Crippen LogP contribution in [0.25, 0.3) is 0 Å². The first-order chi connectivity index (χ1) is 12.6. The summed E-state index contributed by atoms with van der Waals surface area (Å²) in [6, 6.07) is 17.1. The Morgan fingerprint density at radius 3 is 2.35 bits per heavy atom. The predicted octanol–water partition coefficient (Wildman–Crippen LogP) is 3.09. The summed E-state index contributed by atoms with van der Waals surface area (Å²) in [6.07, 6.45) is 0.961. The summed E-state index contributed by atoms with van der Waals surface area (Å²) < 4.78 is 0. The smallest absolute Gasteiger partial charge is 0.241 e. The number of carbonyl (C=O) groups excluding carboxylic acids is 1. The molecule has 4 rings (SSSR count). The first-order valence-corrected chi connectivity index (χ1v) is 9.56. The van der Waals surface area contributed by atoms with Crippen molar-refractivity contribution < 1.29 is 4.79 Å². The molecular weight excluding hydrogens is 322 g/mol. The highest BCUT2D eigenvalue weighted by Crippen LogP contribution is 2.32. The van der Waals surface area contributed by atoms with Crippen molar-refractivity contribution >= 4 is 17.3 Å². The van der Waals surface area contributed by atoms with E-state index in [2.05, 4.69) is 66.1 Å². The zero-order valence-corrected chi connectivity index (χ0v) is 15.7. The fraction of sp³-hybridized carbons (Fsp3) is 0.409. The van der Waals surface area contributed by atoms with E-state index in [4.69, 9.17) is 0 Å². The summed E-state index contributed by atoms with van der Waals surface area (Å²) in [7, 11) is 0. The highest BCUT2D eigenvalue weighted by molar-refractivity contribution is 5.97. The molecule has 4 heteroatoms. The molecule has 0 radical (unpaired) electrons. The Kier molecular flexibility index (Phi) is 4.68. The maximum atomic E-state index is 13.0. The van der Waals surface area contributed by atoms with E-state index >= 15 is 0 Å². The molecule has 2 aliphatic heterocycles. The van der Waals surface area contributed by atoms with E-state index < -0.39 is 0 Å². The Balaban J connectivity index is 1.38. The molecular formula is C22H27N3O. The molecule has 2 aliphatic rings. The SMILES string of the molecule is Cc1ccccc1N1CCN(CC(=O)N2c3ccccc3C[C@H]2C)CC1. The van der Waals surface area contributed by atoms with Crippen LogP contribution in [0.15, 0.2) is 48.5 Å². The van der Waals surface area contributed by atoms with Crippen molar-refractivity contribution in [3.63, 3.8) is 0 Å². The summed E-state index contributed by atoms with van der Waals surface area (Å²) in [5.41, 5.74) is 5.03. The van der Waals surface area contributed by atoms with Gasteiger partial charge in [0.25, 0.3) is 0 Å². The van der Waals surface area contributed by atoms with E-state index in [0.717, 1.165) is 38.3 Å². The minimum Gasteiger partial charge on any atom is -0.369 e. The normalized spacial score (nSPS) is 20.3. The number of hydrogen-bond acceptors (Lipinski definition) is 3. The van der Waals surface area contributed by atoms with Gasteiger partial charge in [0.1, 0.15) is 0 Å². The number of benzene rings is 2. The van der Waals surface area contributed by atoms with Crippen molar-refractivity contribution in [1.29, 1.82) is 0 Å². The second-order valence-corrected chi connectivity index (χ2v) is 7.50. The van der Waals surface area contributed by atoms with Gasteiger partial charge >= 0.3 is 0 Å². The molecule has 2 heterocycles. The largest absolute Gasteiger partial charge is 0.369 e. The molecule has 136 valence electrons. The molecule has 1 saturated heterocycles. The average molecular weight is 349 g/mol. The molecule has 0 aliphatic carbocycles. The number of piperazine rings is 1. The summed E-state index contributed by atoms with van der Waals surface area (Å²) >= 11 is 0. The number of para-hydroxylation sites is 2. The lowest BCUT2D eigenvalue weighted by Gasteiger charge is -2.37. The minimum atomic E-state index is 0.229. The first kappa shape index (κ1) is 17.1. The van der Waals surface area contributed by atoms with Gasteiger partial charge < -0.3 is 9.80 Å². The Bertz CT molecular complexity index is 795. The first-order valence-electron chi connectivity index (χ1n) is 9.56. The van der Waals surface area contributed by atoms with Crippen LogP contribution >= 0.6 is 0 Å². The van der Waals surface area contributed by atoms with Crippen LogP contribution < -0.4 is 9.80 Å². The van der Waals surface area contributed by atoms with Gasteiger partial charge in [-0.1, -0.05) is 36.4 Å². The Morgan fingerprint density at radius 1 is 0.962 bits per heavy atom. The maximum Gasteiger partial charge on any atom is 0.241 e. The Morgan fingerprint density at radius 2 is 1.62 bits per heavy atom. The van der Waals surface area contributed by atoms with Crippen molar-refractivity contribution in [2.75, 3.05) is 42.5 Å². The monoisotopic (exact) mass is 349 g/mol. The Hall–Kier alpha value is -2.33. The molecule has 4 nitrogen and oxygen atoms in total. The second kappa shape index (κ2) is 7.12. The number of amides is 1. The van der Waals surface area contributed by atoms with Crippen LogP contribution in [0.2, 0.25) is 0 Å². The van der Waals surface area contributed by atoms with Gasteiger partial charge in [0.05, 0.1) is 6.54 Å². The standard InChI is InChI=1S/C22H27N3O/c1-17-7-3-5-9-20(17)24-13-11-23(12-14-24)16-22(26)25-18(2)15-19-8-4-6-10-21(19)25/h3-10,18H,11-16H2,1-2H3/t18-/m1/s1.